The molecule has 67 heavy (non-hydrogen) atoms. The van der Waals surface area contributed by atoms with Crippen molar-refractivity contribution >= 4 is 64.1 Å². The zero-order chi connectivity index (χ0) is 48.2. The largest absolute Gasteiger partial charge is 0.391 e. The zero-order valence-electron chi connectivity index (χ0n) is 38.9. The molecule has 0 saturated carbocycles. The molecule has 2 fully saturated rings. The summed E-state index contributed by atoms with van der Waals surface area (Å²) in [7, 11) is 0. The molecule has 2 aromatic heterocycles. The molecule has 0 bridgehead atoms. The van der Waals surface area contributed by atoms with Crippen LogP contribution in [0.25, 0.3) is 22.1 Å². The van der Waals surface area contributed by atoms with Gasteiger partial charge >= 0.3 is 0 Å². The minimum absolute atomic E-state index is 0.0307. The molecule has 4 aromatic rings. The monoisotopic (exact) mass is 937 g/mol. The maximum Gasteiger partial charge on any atom is 0.256 e. The fourth-order valence-electron chi connectivity index (χ4n) is 8.91. The Labute approximate surface area is 393 Å². The average molecular weight is 938 g/mol. The number of fused-ring (bicyclic) bond motifs is 1. The first-order valence-electron chi connectivity index (χ1n) is 22.7. The average Bonchev–Trinajstić information content (AvgIpc) is 4.06. The van der Waals surface area contributed by atoms with Crippen LogP contribution in [0.4, 0.5) is 10.1 Å². The molecule has 0 spiro atoms. The maximum atomic E-state index is 14.1. The van der Waals surface area contributed by atoms with Gasteiger partial charge in [0.15, 0.2) is 0 Å². The first-order valence-corrected chi connectivity index (χ1v) is 23.6. The van der Waals surface area contributed by atoms with Gasteiger partial charge in [0.1, 0.15) is 17.9 Å². The van der Waals surface area contributed by atoms with Gasteiger partial charge in [0.05, 0.1) is 33.3 Å². The molecule has 6 amide bonds. The van der Waals surface area contributed by atoms with E-state index in [0.717, 1.165) is 21.7 Å². The van der Waals surface area contributed by atoms with Gasteiger partial charge in [-0.15, -0.1) is 11.3 Å². The molecule has 3 aliphatic rings. The highest BCUT2D eigenvalue weighted by molar-refractivity contribution is 7.13. The number of aliphatic hydroxyl groups is 1. The van der Waals surface area contributed by atoms with Gasteiger partial charge < -0.3 is 41.2 Å². The number of aliphatic hydroxyl groups excluding tert-OH is 1. The molecular weight excluding hydrogens is 878 g/mol. The summed E-state index contributed by atoms with van der Waals surface area (Å²) in [5.41, 5.74) is 7.65. The number of β-amino-alcohol motifs (C(OH)–C–C–N with tert-alkyl or cyclic N) is 1. The standard InChI is InChI=1S/C49H60FN9O7S/c1-28-38(24-36-35-22-33(50)12-13-37(35)55-45(36)63)54-29(2)42(28)47(65)51-16-7-17-57-18-20-58(21-19-57)41(62)15-14-40(61)56-44(49(4,5)6)48(66)59-26-34(60)23-39(59)46(64)52-25-31-8-10-32(11-9-31)43-30(3)53-27-67-43/h8-13,22,24,27,34,39,44,54,60H,7,14-21,23,25-26H2,1-6H3,(H,51,65)(H,52,64)(H,55,63)(H,56,61)/b36-24-/t34-,39+,44-/m1/s1. The van der Waals surface area contributed by atoms with Gasteiger partial charge in [-0.05, 0) is 80.1 Å². The number of likely N-dealkylation sites (tertiary alicyclic amines) is 1. The van der Waals surface area contributed by atoms with Crippen LogP contribution in [0.2, 0.25) is 0 Å². The number of nitrogens with zero attached hydrogens (tertiary/aromatic N) is 4. The van der Waals surface area contributed by atoms with Crippen molar-refractivity contribution in [3.63, 3.8) is 0 Å². The third kappa shape index (κ3) is 11.5. The molecule has 0 aliphatic carbocycles. The molecule has 2 aromatic carbocycles. The minimum Gasteiger partial charge on any atom is -0.391 e. The second-order valence-electron chi connectivity index (χ2n) is 18.6. The highest BCUT2D eigenvalue weighted by Crippen LogP contribution is 2.35. The number of aromatic nitrogens is 2. The van der Waals surface area contributed by atoms with Crippen LogP contribution in [0.5, 0.6) is 0 Å². The molecule has 0 radical (unpaired) electrons. The van der Waals surface area contributed by atoms with Crippen molar-refractivity contribution in [2.24, 2.45) is 5.41 Å². The number of aromatic amines is 1. The molecular formula is C49H60FN9O7S. The quantitative estimate of drug-likeness (QED) is 0.0729. The van der Waals surface area contributed by atoms with E-state index in [4.69, 9.17) is 0 Å². The number of thiazole rings is 1. The van der Waals surface area contributed by atoms with Gasteiger partial charge in [-0.2, -0.15) is 0 Å². The summed E-state index contributed by atoms with van der Waals surface area (Å²) in [4.78, 5) is 93.9. The zero-order valence-corrected chi connectivity index (χ0v) is 39.7. The van der Waals surface area contributed by atoms with Crippen LogP contribution in [0.15, 0.2) is 48.0 Å². The Hall–Kier alpha value is -6.24. The fraction of sp³-hybridized carbons (Fsp3) is 0.449. The van der Waals surface area contributed by atoms with Crippen LogP contribution < -0.4 is 21.3 Å². The molecule has 3 atom stereocenters. The van der Waals surface area contributed by atoms with Crippen molar-refractivity contribution in [2.75, 3.05) is 51.1 Å². The summed E-state index contributed by atoms with van der Waals surface area (Å²) in [6, 6.07) is 10.0. The lowest BCUT2D eigenvalue weighted by atomic mass is 9.85. The smallest absolute Gasteiger partial charge is 0.256 e. The summed E-state index contributed by atoms with van der Waals surface area (Å²) in [5.74, 6) is -2.52. The summed E-state index contributed by atoms with van der Waals surface area (Å²) in [5, 5.41) is 22.1. The molecule has 2 saturated heterocycles. The number of nitrogens with one attached hydrogen (secondary N) is 5. The number of H-pyrrole nitrogens is 1. The van der Waals surface area contributed by atoms with E-state index in [9.17, 15) is 38.3 Å². The molecule has 7 rings (SSSR count). The van der Waals surface area contributed by atoms with Crippen LogP contribution in [0.3, 0.4) is 0 Å². The lowest BCUT2D eigenvalue weighted by Gasteiger charge is -2.36. The van der Waals surface area contributed by atoms with Gasteiger partial charge in [0.25, 0.3) is 11.8 Å². The summed E-state index contributed by atoms with van der Waals surface area (Å²) in [6.45, 7) is 14.6. The lowest BCUT2D eigenvalue weighted by Crippen LogP contribution is -2.57. The Morgan fingerprint density at radius 2 is 1.73 bits per heavy atom. The lowest BCUT2D eigenvalue weighted by molar-refractivity contribution is -0.144. The van der Waals surface area contributed by atoms with Crippen molar-refractivity contribution in [3.05, 3.63) is 93.1 Å². The van der Waals surface area contributed by atoms with Crippen LogP contribution in [0.1, 0.15) is 90.6 Å². The summed E-state index contributed by atoms with van der Waals surface area (Å²) in [6.07, 6.45) is 1.35. The van der Waals surface area contributed by atoms with E-state index >= 15 is 0 Å². The van der Waals surface area contributed by atoms with Gasteiger partial charge in [-0.3, -0.25) is 33.7 Å². The van der Waals surface area contributed by atoms with Crippen LogP contribution in [0, 0.1) is 32.0 Å². The summed E-state index contributed by atoms with van der Waals surface area (Å²) < 4.78 is 14.0. The Balaban J connectivity index is 0.827. The van der Waals surface area contributed by atoms with Crippen molar-refractivity contribution in [1.82, 2.24) is 40.6 Å². The number of amides is 6. The maximum absolute atomic E-state index is 14.1. The number of halogens is 1. The summed E-state index contributed by atoms with van der Waals surface area (Å²) >= 11 is 1.56. The van der Waals surface area contributed by atoms with E-state index in [1.54, 1.807) is 41.7 Å². The van der Waals surface area contributed by atoms with E-state index in [2.05, 4.69) is 36.1 Å². The van der Waals surface area contributed by atoms with Gasteiger partial charge in [-0.25, -0.2) is 9.37 Å². The van der Waals surface area contributed by atoms with Crippen molar-refractivity contribution in [3.8, 4) is 10.4 Å². The molecule has 5 heterocycles. The Bertz CT molecular complexity index is 2560. The number of rotatable bonds is 15. The Morgan fingerprint density at radius 3 is 2.42 bits per heavy atom. The van der Waals surface area contributed by atoms with Crippen molar-refractivity contribution < 1.29 is 38.3 Å². The first-order chi connectivity index (χ1) is 31.9. The normalized spacial score (nSPS) is 18.4. The third-order valence-corrected chi connectivity index (χ3v) is 13.7. The van der Waals surface area contributed by atoms with Crippen LogP contribution in [-0.4, -0.2) is 129 Å². The third-order valence-electron chi connectivity index (χ3n) is 12.7. The first kappa shape index (κ1) is 48.7. The van der Waals surface area contributed by atoms with E-state index < -0.39 is 47.1 Å². The minimum atomic E-state index is -1.00. The van der Waals surface area contributed by atoms with Crippen LogP contribution in [-0.2, 0) is 30.5 Å². The van der Waals surface area contributed by atoms with Crippen molar-refractivity contribution in [1.29, 1.82) is 0 Å². The van der Waals surface area contributed by atoms with Gasteiger partial charge in [0.2, 0.25) is 23.6 Å². The number of piperazine rings is 1. The van der Waals surface area contributed by atoms with Gasteiger partial charge in [-0.1, -0.05) is 45.0 Å². The number of carbonyl (C=O) groups excluding carboxylic acids is 6. The van der Waals surface area contributed by atoms with E-state index in [-0.39, 0.29) is 50.1 Å². The van der Waals surface area contributed by atoms with Crippen LogP contribution >= 0.6 is 11.3 Å². The van der Waals surface area contributed by atoms with E-state index in [0.29, 0.717) is 85.0 Å². The molecule has 0 unspecified atom stereocenters. The topological polar surface area (TPSA) is 209 Å². The van der Waals surface area contributed by atoms with E-state index in [1.807, 2.05) is 52.0 Å². The number of anilines is 1. The number of hydrogen-bond donors (Lipinski definition) is 6. The second kappa shape index (κ2) is 20.7. The number of carbonyl (C=O) groups is 6. The molecule has 16 nitrogen and oxygen atoms in total. The highest BCUT2D eigenvalue weighted by Gasteiger charge is 2.44. The number of hydrogen-bond acceptors (Lipinski definition) is 10. The fourth-order valence-corrected chi connectivity index (χ4v) is 9.72. The highest BCUT2D eigenvalue weighted by atomic mass is 32.1. The Kier molecular flexibility index (Phi) is 15.1. The van der Waals surface area contributed by atoms with E-state index in [1.165, 1.54) is 23.1 Å². The number of benzene rings is 2. The predicted octanol–water partition coefficient (Wildman–Crippen LogP) is 4.55. The molecule has 6 N–H and O–H groups in total. The Morgan fingerprint density at radius 1 is 1.00 bits per heavy atom. The predicted molar refractivity (Wildman–Crippen MR) is 254 cm³/mol. The van der Waals surface area contributed by atoms with Crippen molar-refractivity contribution in [2.45, 2.75) is 92.0 Å². The molecule has 356 valence electrons. The molecule has 3 aliphatic heterocycles. The SMILES string of the molecule is Cc1ncsc1-c1ccc(CNC(=O)[C@@H]2C[C@@H](O)CN2C(=O)[C@@H](NC(=O)CCC(=O)N2CCN(CCCNC(=O)c3c(C)[nH]c(/C=C4\C(=O)Nc5ccc(F)cc54)c3C)CC2)C(C)(C)C)cc1. The van der Waals surface area contributed by atoms with Gasteiger partial charge in [0, 0.05) is 87.7 Å². The second-order valence-corrected chi connectivity index (χ2v) is 19.5. The number of aryl methyl sites for hydroxylation is 2. The molecule has 18 heteroatoms.